The Labute approximate surface area is 238 Å². The third-order valence-electron chi connectivity index (χ3n) is 6.03. The number of hydrogen-bond donors (Lipinski definition) is 1. The second-order valence-corrected chi connectivity index (χ2v) is 12.1. The van der Waals surface area contributed by atoms with Crippen molar-refractivity contribution in [1.29, 1.82) is 0 Å². The minimum Gasteiger partial charge on any atom is -0.357 e. The lowest BCUT2D eigenvalue weighted by atomic mass is 10.0. The highest BCUT2D eigenvalue weighted by molar-refractivity contribution is 9.10. The van der Waals surface area contributed by atoms with E-state index in [2.05, 4.69) is 21.2 Å². The van der Waals surface area contributed by atoms with Gasteiger partial charge in [0.05, 0.1) is 11.9 Å². The van der Waals surface area contributed by atoms with Crippen molar-refractivity contribution in [1.82, 2.24) is 10.2 Å². The standard InChI is InChI=1S/C28H31BrClN3O4S/c1-31-28(35)26(18-21-8-4-3-5-9-21)32(20-22-13-15-23(29)16-14-22)27(34)12-7-17-33(38(2,36)37)25-11-6-10-24(30)19-25/h3-6,8-11,13-16,19,26H,7,12,17-18,20H2,1-2H3,(H,31,35)/t26-/m0/s1. The summed E-state index contributed by atoms with van der Waals surface area (Å²) in [5.74, 6) is -0.506. The molecule has 38 heavy (non-hydrogen) atoms. The minimum atomic E-state index is -3.60. The van der Waals surface area contributed by atoms with Crippen LogP contribution >= 0.6 is 27.5 Å². The van der Waals surface area contributed by atoms with Crippen LogP contribution in [0.4, 0.5) is 5.69 Å². The van der Waals surface area contributed by atoms with Crippen molar-refractivity contribution in [2.45, 2.75) is 31.8 Å². The molecule has 0 aromatic heterocycles. The molecule has 0 spiro atoms. The number of hydrogen-bond acceptors (Lipinski definition) is 4. The first kappa shape index (κ1) is 29.7. The fraction of sp³-hybridized carbons (Fsp3) is 0.286. The van der Waals surface area contributed by atoms with Gasteiger partial charge in [0.25, 0.3) is 0 Å². The molecule has 0 bridgehead atoms. The van der Waals surface area contributed by atoms with Crippen LogP contribution in [0.1, 0.15) is 24.0 Å². The fourth-order valence-corrected chi connectivity index (χ4v) is 5.55. The number of benzene rings is 3. The highest BCUT2D eigenvalue weighted by atomic mass is 79.9. The summed E-state index contributed by atoms with van der Waals surface area (Å²) >= 11 is 9.50. The monoisotopic (exact) mass is 619 g/mol. The average Bonchev–Trinajstić information content (AvgIpc) is 2.89. The number of carbonyl (C=O) groups excluding carboxylic acids is 2. The van der Waals surface area contributed by atoms with Gasteiger partial charge in [0.15, 0.2) is 0 Å². The normalized spacial score (nSPS) is 12.0. The van der Waals surface area contributed by atoms with Crippen LogP contribution in [-0.2, 0) is 32.6 Å². The van der Waals surface area contributed by atoms with E-state index in [9.17, 15) is 18.0 Å². The maximum atomic E-state index is 13.6. The zero-order chi connectivity index (χ0) is 27.7. The van der Waals surface area contributed by atoms with Gasteiger partial charge in [0.1, 0.15) is 6.04 Å². The molecule has 0 fully saturated rings. The Kier molecular flexibility index (Phi) is 10.8. The first-order valence-corrected chi connectivity index (χ1v) is 15.1. The summed E-state index contributed by atoms with van der Waals surface area (Å²) in [6.45, 7) is 0.335. The summed E-state index contributed by atoms with van der Waals surface area (Å²) < 4.78 is 27.1. The average molecular weight is 621 g/mol. The summed E-state index contributed by atoms with van der Waals surface area (Å²) in [6, 6.07) is 23.0. The molecule has 1 N–H and O–H groups in total. The number of nitrogens with one attached hydrogen (secondary N) is 1. The molecule has 0 aliphatic rings. The Balaban J connectivity index is 1.84. The lowest BCUT2D eigenvalue weighted by molar-refractivity contribution is -0.141. The van der Waals surface area contributed by atoms with Crippen molar-refractivity contribution in [2.75, 3.05) is 24.2 Å². The quantitative estimate of drug-likeness (QED) is 0.308. The van der Waals surface area contributed by atoms with Crippen molar-refractivity contribution >= 4 is 55.1 Å². The Bertz CT molecular complexity index is 1340. The van der Waals surface area contributed by atoms with E-state index in [0.717, 1.165) is 21.9 Å². The van der Waals surface area contributed by atoms with E-state index in [-0.39, 0.29) is 37.7 Å². The van der Waals surface area contributed by atoms with Crippen LogP contribution in [0.25, 0.3) is 0 Å². The molecule has 0 saturated heterocycles. The highest BCUT2D eigenvalue weighted by Crippen LogP contribution is 2.23. The summed E-state index contributed by atoms with van der Waals surface area (Å²) in [5, 5.41) is 3.11. The summed E-state index contributed by atoms with van der Waals surface area (Å²) in [5.41, 5.74) is 2.24. The molecular weight excluding hydrogens is 590 g/mol. The van der Waals surface area contributed by atoms with Gasteiger partial charge < -0.3 is 10.2 Å². The van der Waals surface area contributed by atoms with Crippen LogP contribution in [0.3, 0.4) is 0 Å². The van der Waals surface area contributed by atoms with Crippen molar-refractivity contribution in [2.24, 2.45) is 0 Å². The SMILES string of the molecule is CNC(=O)[C@H](Cc1ccccc1)N(Cc1ccc(Br)cc1)C(=O)CCCN(c1cccc(Cl)c1)S(C)(=O)=O. The molecule has 3 rings (SSSR count). The molecule has 7 nitrogen and oxygen atoms in total. The van der Waals surface area contributed by atoms with Gasteiger partial charge in [-0.05, 0) is 47.9 Å². The van der Waals surface area contributed by atoms with Crippen molar-refractivity contribution in [3.8, 4) is 0 Å². The van der Waals surface area contributed by atoms with Crippen molar-refractivity contribution in [3.63, 3.8) is 0 Å². The number of rotatable bonds is 12. The highest BCUT2D eigenvalue weighted by Gasteiger charge is 2.30. The largest absolute Gasteiger partial charge is 0.357 e. The second kappa shape index (κ2) is 13.8. The van der Waals surface area contributed by atoms with Gasteiger partial charge in [-0.3, -0.25) is 13.9 Å². The molecule has 10 heteroatoms. The maximum absolute atomic E-state index is 13.6. The molecule has 3 aromatic rings. The van der Waals surface area contributed by atoms with Crippen LogP contribution in [0.2, 0.25) is 5.02 Å². The second-order valence-electron chi connectivity index (χ2n) is 8.89. The van der Waals surface area contributed by atoms with Crippen LogP contribution in [0.5, 0.6) is 0 Å². The molecular formula is C28H31BrClN3O4S. The van der Waals surface area contributed by atoms with E-state index in [4.69, 9.17) is 11.6 Å². The van der Waals surface area contributed by atoms with E-state index in [1.54, 1.807) is 36.2 Å². The maximum Gasteiger partial charge on any atom is 0.242 e. The van der Waals surface area contributed by atoms with Crippen molar-refractivity contribution < 1.29 is 18.0 Å². The first-order chi connectivity index (χ1) is 18.1. The van der Waals surface area contributed by atoms with Crippen LogP contribution in [0.15, 0.2) is 83.3 Å². The Morgan fingerprint density at radius 1 is 0.974 bits per heavy atom. The Morgan fingerprint density at radius 2 is 1.66 bits per heavy atom. The molecule has 1 atom stereocenters. The smallest absolute Gasteiger partial charge is 0.242 e. The molecule has 3 aromatic carbocycles. The first-order valence-electron chi connectivity index (χ1n) is 12.1. The molecule has 2 amide bonds. The number of nitrogens with zero attached hydrogens (tertiary/aromatic N) is 2. The number of anilines is 1. The third-order valence-corrected chi connectivity index (χ3v) is 7.99. The van der Waals surface area contributed by atoms with Crippen molar-refractivity contribution in [3.05, 3.63) is 99.5 Å². The summed E-state index contributed by atoms with van der Waals surface area (Å²) in [6.07, 6.45) is 1.80. The number of amides is 2. The molecule has 0 aliphatic heterocycles. The molecule has 202 valence electrons. The predicted octanol–water partition coefficient (Wildman–Crippen LogP) is 5.03. The van der Waals surface area contributed by atoms with Crippen LogP contribution < -0.4 is 9.62 Å². The zero-order valence-corrected chi connectivity index (χ0v) is 24.5. The lowest BCUT2D eigenvalue weighted by Gasteiger charge is -2.31. The van der Waals surface area contributed by atoms with Gasteiger partial charge in [0.2, 0.25) is 21.8 Å². The number of carbonyl (C=O) groups is 2. The zero-order valence-electron chi connectivity index (χ0n) is 21.3. The molecule has 0 radical (unpaired) electrons. The molecule has 0 unspecified atom stereocenters. The van der Waals surface area contributed by atoms with Gasteiger partial charge in [0, 0.05) is 42.5 Å². The fourth-order valence-electron chi connectivity index (χ4n) is 4.14. The van der Waals surface area contributed by atoms with Gasteiger partial charge in [-0.2, -0.15) is 0 Å². The van der Waals surface area contributed by atoms with Gasteiger partial charge >= 0.3 is 0 Å². The third kappa shape index (κ3) is 8.58. The molecule has 0 heterocycles. The summed E-state index contributed by atoms with van der Waals surface area (Å²) in [4.78, 5) is 28.2. The Hall–Kier alpha value is -2.88. The van der Waals surface area contributed by atoms with Gasteiger partial charge in [-0.15, -0.1) is 0 Å². The summed E-state index contributed by atoms with van der Waals surface area (Å²) in [7, 11) is -2.05. The number of halogens is 2. The molecule has 0 saturated carbocycles. The number of likely N-dealkylation sites (N-methyl/N-ethyl adjacent to an activating group) is 1. The van der Waals surface area contributed by atoms with Gasteiger partial charge in [-0.1, -0.05) is 76.1 Å². The van der Waals surface area contributed by atoms with E-state index in [1.807, 2.05) is 54.6 Å². The Morgan fingerprint density at radius 3 is 2.26 bits per heavy atom. The van der Waals surface area contributed by atoms with E-state index >= 15 is 0 Å². The van der Waals surface area contributed by atoms with Gasteiger partial charge in [-0.25, -0.2) is 8.42 Å². The number of sulfonamides is 1. The van der Waals surface area contributed by atoms with Crippen LogP contribution in [-0.4, -0.2) is 51.0 Å². The topological polar surface area (TPSA) is 86.8 Å². The lowest BCUT2D eigenvalue weighted by Crippen LogP contribution is -2.49. The van der Waals surface area contributed by atoms with Crippen LogP contribution in [0, 0.1) is 0 Å². The van der Waals surface area contributed by atoms with E-state index in [1.165, 1.54) is 4.31 Å². The van der Waals surface area contributed by atoms with E-state index in [0.29, 0.717) is 17.1 Å². The minimum absolute atomic E-state index is 0.0609. The molecule has 0 aliphatic carbocycles. The van der Waals surface area contributed by atoms with E-state index < -0.39 is 16.1 Å². The predicted molar refractivity (Wildman–Crippen MR) is 156 cm³/mol.